The largest absolute Gasteiger partial charge is 0.399 e. The van der Waals surface area contributed by atoms with Crippen LogP contribution in [-0.2, 0) is 16.6 Å². The molecule has 7 heteroatoms. The Morgan fingerprint density at radius 1 is 1.28 bits per heavy atom. The Kier molecular flexibility index (Phi) is 5.44. The van der Waals surface area contributed by atoms with Crippen molar-refractivity contribution in [3.05, 3.63) is 57.5 Å². The third-order valence-corrected chi connectivity index (χ3v) is 7.87. The average molecular weight is 444 g/mol. The summed E-state index contributed by atoms with van der Waals surface area (Å²) >= 11 is 9.58. The summed E-state index contributed by atoms with van der Waals surface area (Å²) in [6.45, 7) is 2.27. The van der Waals surface area contributed by atoms with Crippen LogP contribution in [0.2, 0.25) is 5.02 Å². The highest BCUT2D eigenvalue weighted by Crippen LogP contribution is 2.40. The summed E-state index contributed by atoms with van der Waals surface area (Å²) in [5.41, 5.74) is 7.15. The summed E-state index contributed by atoms with van der Waals surface area (Å²) < 4.78 is 28.8. The predicted octanol–water partition coefficient (Wildman–Crippen LogP) is 4.67. The number of nitrogens with zero attached hydrogens (tertiary/aromatic N) is 1. The zero-order valence-electron chi connectivity index (χ0n) is 13.8. The van der Waals surface area contributed by atoms with E-state index in [4.69, 9.17) is 17.3 Å². The third-order valence-electron chi connectivity index (χ3n) is 4.54. The lowest BCUT2D eigenvalue weighted by Gasteiger charge is -2.29. The van der Waals surface area contributed by atoms with Crippen LogP contribution in [-0.4, -0.2) is 18.8 Å². The van der Waals surface area contributed by atoms with Crippen LogP contribution in [0.25, 0.3) is 0 Å². The first-order valence-electron chi connectivity index (χ1n) is 8.11. The first-order chi connectivity index (χ1) is 11.8. The van der Waals surface area contributed by atoms with E-state index < -0.39 is 10.0 Å². The summed E-state index contributed by atoms with van der Waals surface area (Å²) in [5, 5.41) is 0.162. The number of nitrogen functional groups attached to an aromatic ring is 1. The normalized spacial score (nSPS) is 16.2. The molecule has 1 fully saturated rings. The van der Waals surface area contributed by atoms with Crippen LogP contribution in [0.1, 0.15) is 25.3 Å². The van der Waals surface area contributed by atoms with E-state index in [0.29, 0.717) is 22.6 Å². The quantitative estimate of drug-likeness (QED) is 0.660. The first-order valence-corrected chi connectivity index (χ1v) is 10.7. The standard InChI is InChI=1S/C18H20BrClN2O2S/c1-12(14-7-8-14)22(11-13-5-3-2-4-6-13)25(23,24)17-10-15(21)9-16(19)18(17)20/h2-6,9-10,12,14H,7-8,11,21H2,1H3. The Labute approximate surface area is 162 Å². The zero-order valence-corrected chi connectivity index (χ0v) is 17.0. The molecule has 2 N–H and O–H groups in total. The molecule has 2 aromatic carbocycles. The highest BCUT2D eigenvalue weighted by Gasteiger charge is 2.39. The molecule has 1 aliphatic rings. The summed E-state index contributed by atoms with van der Waals surface area (Å²) in [7, 11) is -3.79. The number of sulfonamides is 1. The van der Waals surface area contributed by atoms with E-state index >= 15 is 0 Å². The molecule has 0 bridgehead atoms. The Bertz CT molecular complexity index is 870. The summed E-state index contributed by atoms with van der Waals surface area (Å²) in [6.07, 6.45) is 2.10. The van der Waals surface area contributed by atoms with Crippen LogP contribution < -0.4 is 5.73 Å². The third kappa shape index (κ3) is 4.03. The van der Waals surface area contributed by atoms with Gasteiger partial charge >= 0.3 is 0 Å². The monoisotopic (exact) mass is 442 g/mol. The lowest BCUT2D eigenvalue weighted by atomic mass is 10.2. The van der Waals surface area contributed by atoms with E-state index in [1.165, 1.54) is 6.07 Å². The van der Waals surface area contributed by atoms with E-state index in [1.54, 1.807) is 10.4 Å². The van der Waals surface area contributed by atoms with Crippen molar-refractivity contribution in [1.82, 2.24) is 4.31 Å². The molecule has 0 spiro atoms. The molecule has 0 radical (unpaired) electrons. The molecule has 2 aromatic rings. The zero-order chi connectivity index (χ0) is 18.2. The molecule has 0 saturated heterocycles. The number of benzene rings is 2. The van der Waals surface area contributed by atoms with Crippen molar-refractivity contribution in [2.75, 3.05) is 5.73 Å². The van der Waals surface area contributed by atoms with Crippen molar-refractivity contribution >= 4 is 43.2 Å². The van der Waals surface area contributed by atoms with Crippen molar-refractivity contribution in [3.8, 4) is 0 Å². The fourth-order valence-corrected chi connectivity index (χ4v) is 5.74. The number of halogens is 2. The predicted molar refractivity (Wildman–Crippen MR) is 105 cm³/mol. The number of hydrogen-bond donors (Lipinski definition) is 1. The molecule has 0 heterocycles. The molecule has 0 aromatic heterocycles. The molecule has 0 amide bonds. The second kappa shape index (κ2) is 7.27. The van der Waals surface area contributed by atoms with Gasteiger partial charge in [0, 0.05) is 22.7 Å². The first kappa shape index (κ1) is 18.7. The van der Waals surface area contributed by atoms with Gasteiger partial charge in [-0.1, -0.05) is 41.9 Å². The van der Waals surface area contributed by atoms with Gasteiger partial charge in [-0.05, 0) is 59.3 Å². The van der Waals surface area contributed by atoms with E-state index in [0.717, 1.165) is 18.4 Å². The fraction of sp³-hybridized carbons (Fsp3) is 0.333. The van der Waals surface area contributed by atoms with Crippen LogP contribution in [0.4, 0.5) is 5.69 Å². The van der Waals surface area contributed by atoms with Crippen LogP contribution in [0.3, 0.4) is 0 Å². The van der Waals surface area contributed by atoms with E-state index in [-0.39, 0.29) is 16.0 Å². The van der Waals surface area contributed by atoms with E-state index in [2.05, 4.69) is 15.9 Å². The maximum atomic E-state index is 13.4. The van der Waals surface area contributed by atoms with Gasteiger partial charge in [-0.3, -0.25) is 0 Å². The minimum absolute atomic E-state index is 0.0458. The number of nitrogens with two attached hydrogens (primary N) is 1. The second-order valence-electron chi connectivity index (χ2n) is 6.43. The Hall–Kier alpha value is -1.08. The van der Waals surface area contributed by atoms with Crippen LogP contribution in [0, 0.1) is 5.92 Å². The summed E-state index contributed by atoms with van der Waals surface area (Å²) in [6, 6.07) is 12.5. The lowest BCUT2D eigenvalue weighted by molar-refractivity contribution is 0.303. The summed E-state index contributed by atoms with van der Waals surface area (Å²) in [4.78, 5) is 0.0458. The summed E-state index contributed by atoms with van der Waals surface area (Å²) in [5.74, 6) is 0.391. The minimum Gasteiger partial charge on any atom is -0.399 e. The maximum Gasteiger partial charge on any atom is 0.245 e. The SMILES string of the molecule is CC(C1CC1)N(Cc1ccccc1)S(=O)(=O)c1cc(N)cc(Br)c1Cl. The highest BCUT2D eigenvalue weighted by molar-refractivity contribution is 9.10. The molecule has 1 atom stereocenters. The molecular formula is C18H20BrClN2O2S. The number of rotatable bonds is 6. The van der Waals surface area contributed by atoms with Gasteiger partial charge in [0.25, 0.3) is 0 Å². The lowest BCUT2D eigenvalue weighted by Crippen LogP contribution is -2.39. The molecule has 4 nitrogen and oxygen atoms in total. The minimum atomic E-state index is -3.79. The van der Waals surface area contributed by atoms with Gasteiger partial charge in [0.05, 0.1) is 5.02 Å². The van der Waals surface area contributed by atoms with Crippen molar-refractivity contribution in [3.63, 3.8) is 0 Å². The molecule has 25 heavy (non-hydrogen) atoms. The Morgan fingerprint density at radius 2 is 1.92 bits per heavy atom. The van der Waals surface area contributed by atoms with Crippen LogP contribution in [0.5, 0.6) is 0 Å². The van der Waals surface area contributed by atoms with E-state index in [9.17, 15) is 8.42 Å². The maximum absolute atomic E-state index is 13.4. The van der Waals surface area contributed by atoms with Gasteiger partial charge in [-0.15, -0.1) is 0 Å². The number of hydrogen-bond acceptors (Lipinski definition) is 3. The molecule has 134 valence electrons. The molecule has 0 aliphatic heterocycles. The topological polar surface area (TPSA) is 63.4 Å². The Balaban J connectivity index is 2.05. The highest BCUT2D eigenvalue weighted by atomic mass is 79.9. The van der Waals surface area contributed by atoms with Crippen molar-refractivity contribution in [1.29, 1.82) is 0 Å². The van der Waals surface area contributed by atoms with E-state index in [1.807, 2.05) is 37.3 Å². The second-order valence-corrected chi connectivity index (χ2v) is 9.52. The Morgan fingerprint density at radius 3 is 2.52 bits per heavy atom. The van der Waals surface area contributed by atoms with Gasteiger partial charge in [-0.25, -0.2) is 8.42 Å². The van der Waals surface area contributed by atoms with Gasteiger partial charge < -0.3 is 5.73 Å². The molecular weight excluding hydrogens is 424 g/mol. The average Bonchev–Trinajstić information content (AvgIpc) is 3.41. The van der Waals surface area contributed by atoms with Crippen molar-refractivity contribution in [2.24, 2.45) is 5.92 Å². The number of anilines is 1. The van der Waals surface area contributed by atoms with Crippen LogP contribution in [0.15, 0.2) is 51.8 Å². The molecule has 1 unspecified atom stereocenters. The smallest absolute Gasteiger partial charge is 0.245 e. The molecule has 1 saturated carbocycles. The van der Waals surface area contributed by atoms with Gasteiger partial charge in [0.2, 0.25) is 10.0 Å². The van der Waals surface area contributed by atoms with Gasteiger partial charge in [0.15, 0.2) is 0 Å². The van der Waals surface area contributed by atoms with Crippen LogP contribution >= 0.6 is 27.5 Å². The van der Waals surface area contributed by atoms with Gasteiger partial charge in [0.1, 0.15) is 4.90 Å². The fourth-order valence-electron chi connectivity index (χ4n) is 2.92. The van der Waals surface area contributed by atoms with Crippen molar-refractivity contribution < 1.29 is 8.42 Å². The van der Waals surface area contributed by atoms with Gasteiger partial charge in [-0.2, -0.15) is 4.31 Å². The van der Waals surface area contributed by atoms with Crippen molar-refractivity contribution in [2.45, 2.75) is 37.2 Å². The molecule has 3 rings (SSSR count). The molecule has 1 aliphatic carbocycles.